The minimum absolute atomic E-state index is 0.325. The number of aromatic nitrogens is 1. The van der Waals surface area contributed by atoms with Gasteiger partial charge >= 0.3 is 12.5 Å². The zero-order valence-electron chi connectivity index (χ0n) is 9.07. The molecule has 0 spiro atoms. The molecule has 0 radical (unpaired) electrons. The first-order valence-corrected chi connectivity index (χ1v) is 5.49. The van der Waals surface area contributed by atoms with Gasteiger partial charge in [-0.2, -0.15) is 13.2 Å². The van der Waals surface area contributed by atoms with Crippen molar-refractivity contribution in [1.82, 2.24) is 4.98 Å². The van der Waals surface area contributed by atoms with Crippen LogP contribution in [0, 0.1) is 0 Å². The van der Waals surface area contributed by atoms with Crippen molar-refractivity contribution >= 4 is 28.4 Å². The lowest BCUT2D eigenvalue weighted by atomic mass is 10.1. The fourth-order valence-electron chi connectivity index (χ4n) is 1.22. The summed E-state index contributed by atoms with van der Waals surface area (Å²) < 4.78 is 77.5. The Balaban J connectivity index is 3.50. The van der Waals surface area contributed by atoms with Gasteiger partial charge in [0.1, 0.15) is 5.69 Å². The molecule has 0 aliphatic heterocycles. The predicted octanol–water partition coefficient (Wildman–Crippen LogP) is 4.12. The second-order valence-electron chi connectivity index (χ2n) is 3.30. The largest absolute Gasteiger partial charge is 0.573 e. The number of alkyl halides is 7. The number of ether oxygens (including phenoxy) is 1. The Bertz CT molecular complexity index is 528. The Morgan fingerprint density at radius 2 is 1.80 bits per heavy atom. The summed E-state index contributed by atoms with van der Waals surface area (Å²) in [5, 5.41) is -1.63. The number of carbonyl (C=O) groups excluding carboxylic acids is 1. The van der Waals surface area contributed by atoms with Crippen LogP contribution in [0.25, 0.3) is 0 Å². The second kappa shape index (κ2) is 5.65. The lowest BCUT2D eigenvalue weighted by Gasteiger charge is -2.15. The van der Waals surface area contributed by atoms with Crippen LogP contribution in [-0.4, -0.2) is 16.6 Å². The zero-order chi connectivity index (χ0) is 15.7. The summed E-state index contributed by atoms with van der Waals surface area (Å²) >= 11 is 10.1. The monoisotopic (exact) mass is 341 g/mol. The fourth-order valence-corrected chi connectivity index (χ4v) is 1.56. The van der Waals surface area contributed by atoms with E-state index in [9.17, 15) is 31.1 Å². The second-order valence-corrected chi connectivity index (χ2v) is 3.91. The fraction of sp³-hybridized carbons (Fsp3) is 0.333. The topological polar surface area (TPSA) is 39.2 Å². The molecular weight excluding hydrogens is 339 g/mol. The number of hydrogen-bond donors (Lipinski definition) is 0. The summed E-state index contributed by atoms with van der Waals surface area (Å²) in [6.07, 6.45) is -10.2. The molecule has 0 amide bonds. The highest BCUT2D eigenvalue weighted by atomic mass is 35.5. The molecule has 0 aliphatic carbocycles. The molecule has 1 aromatic heterocycles. The minimum Gasteiger partial charge on any atom is -0.403 e. The van der Waals surface area contributed by atoms with Gasteiger partial charge in [-0.1, -0.05) is 0 Å². The molecule has 0 fully saturated rings. The van der Waals surface area contributed by atoms with Crippen molar-refractivity contribution in [3.05, 3.63) is 23.0 Å². The Hall–Kier alpha value is -1.22. The van der Waals surface area contributed by atoms with Crippen LogP contribution in [0.4, 0.5) is 26.3 Å². The van der Waals surface area contributed by atoms with Gasteiger partial charge in [0.25, 0.3) is 5.24 Å². The molecule has 0 atom stereocenters. The summed E-state index contributed by atoms with van der Waals surface area (Å²) in [7, 11) is 0. The van der Waals surface area contributed by atoms with Crippen molar-refractivity contribution in [2.45, 2.75) is 18.4 Å². The number of rotatable bonds is 3. The number of nitrogens with zero attached hydrogens (tertiary/aromatic N) is 1. The van der Waals surface area contributed by atoms with Crippen LogP contribution in [0.3, 0.4) is 0 Å². The van der Waals surface area contributed by atoms with Crippen molar-refractivity contribution in [1.29, 1.82) is 0 Å². The molecule has 1 aromatic rings. The van der Waals surface area contributed by atoms with E-state index in [1.54, 1.807) is 0 Å². The Morgan fingerprint density at radius 1 is 1.25 bits per heavy atom. The third-order valence-corrected chi connectivity index (χ3v) is 2.36. The molecule has 11 heteroatoms. The molecule has 0 saturated carbocycles. The van der Waals surface area contributed by atoms with E-state index < -0.39 is 46.4 Å². The van der Waals surface area contributed by atoms with Crippen LogP contribution < -0.4 is 4.74 Å². The van der Waals surface area contributed by atoms with Crippen LogP contribution in [-0.2, 0) is 12.1 Å². The van der Waals surface area contributed by atoms with Crippen LogP contribution in [0.5, 0.6) is 5.75 Å². The van der Waals surface area contributed by atoms with E-state index in [1.165, 1.54) is 0 Å². The molecule has 0 aromatic carbocycles. The number of halogens is 8. The molecule has 0 unspecified atom stereocenters. The van der Waals surface area contributed by atoms with Crippen LogP contribution in [0.15, 0.2) is 6.07 Å². The first-order valence-electron chi connectivity index (χ1n) is 4.58. The van der Waals surface area contributed by atoms with E-state index in [2.05, 4.69) is 9.72 Å². The normalized spacial score (nSPS) is 12.4. The number of carbonyl (C=O) groups is 1. The Labute approximate surface area is 117 Å². The summed E-state index contributed by atoms with van der Waals surface area (Å²) in [5.74, 6) is -2.03. The van der Waals surface area contributed by atoms with Crippen molar-refractivity contribution in [2.24, 2.45) is 0 Å². The van der Waals surface area contributed by atoms with Crippen molar-refractivity contribution in [3.63, 3.8) is 0 Å². The molecule has 3 nitrogen and oxygen atoms in total. The van der Waals surface area contributed by atoms with E-state index in [4.69, 9.17) is 23.2 Å². The highest BCUT2D eigenvalue weighted by molar-refractivity contribution is 6.67. The lowest BCUT2D eigenvalue weighted by Crippen LogP contribution is -2.21. The third kappa shape index (κ3) is 4.14. The predicted molar refractivity (Wildman–Crippen MR) is 55.7 cm³/mol. The van der Waals surface area contributed by atoms with Gasteiger partial charge in [0.15, 0.2) is 11.4 Å². The van der Waals surface area contributed by atoms with Gasteiger partial charge < -0.3 is 4.74 Å². The summed E-state index contributed by atoms with van der Waals surface area (Å²) in [6.45, 7) is 0. The van der Waals surface area contributed by atoms with E-state index in [1.807, 2.05) is 0 Å². The van der Waals surface area contributed by atoms with Gasteiger partial charge in [-0.15, -0.1) is 24.8 Å². The van der Waals surface area contributed by atoms with Gasteiger partial charge in [-0.25, -0.2) is 4.98 Å². The number of pyridine rings is 1. The molecule has 1 rings (SSSR count). The summed E-state index contributed by atoms with van der Waals surface area (Å²) in [4.78, 5) is 13.7. The lowest BCUT2D eigenvalue weighted by molar-refractivity contribution is -0.274. The molecule has 0 N–H and O–H groups in total. The van der Waals surface area contributed by atoms with Gasteiger partial charge in [0, 0.05) is 11.4 Å². The molecule has 0 saturated heterocycles. The van der Waals surface area contributed by atoms with Crippen LogP contribution in [0.2, 0.25) is 0 Å². The molecule has 112 valence electrons. The van der Waals surface area contributed by atoms with Crippen molar-refractivity contribution in [2.75, 3.05) is 0 Å². The number of hydrogen-bond acceptors (Lipinski definition) is 3. The maximum atomic E-state index is 12.6. The maximum Gasteiger partial charge on any atom is 0.573 e. The van der Waals surface area contributed by atoms with E-state index in [-0.39, 0.29) is 0 Å². The van der Waals surface area contributed by atoms with Gasteiger partial charge in [0.2, 0.25) is 0 Å². The third-order valence-electron chi connectivity index (χ3n) is 1.89. The highest BCUT2D eigenvalue weighted by Crippen LogP contribution is 2.36. The highest BCUT2D eigenvalue weighted by Gasteiger charge is 2.39. The van der Waals surface area contributed by atoms with E-state index in [0.29, 0.717) is 6.07 Å². The molecular formula is C9H3Cl2F6NO2. The van der Waals surface area contributed by atoms with Gasteiger partial charge in [-0.3, -0.25) is 4.79 Å². The van der Waals surface area contributed by atoms with Crippen LogP contribution in [0.1, 0.15) is 21.7 Å². The first kappa shape index (κ1) is 16.8. The van der Waals surface area contributed by atoms with Crippen molar-refractivity contribution in [3.8, 4) is 5.75 Å². The van der Waals surface area contributed by atoms with Gasteiger partial charge in [-0.05, 0) is 17.7 Å². The molecule has 0 aliphatic rings. The Kier molecular flexibility index (Phi) is 4.75. The Morgan fingerprint density at radius 3 is 2.15 bits per heavy atom. The summed E-state index contributed by atoms with van der Waals surface area (Å²) in [5.41, 5.74) is -3.68. The average molecular weight is 342 g/mol. The van der Waals surface area contributed by atoms with E-state index >= 15 is 0 Å². The van der Waals surface area contributed by atoms with Crippen molar-refractivity contribution < 1.29 is 35.9 Å². The molecule has 0 bridgehead atoms. The zero-order valence-corrected chi connectivity index (χ0v) is 10.6. The maximum absolute atomic E-state index is 12.6. The first-order chi connectivity index (χ1) is 8.95. The molecule has 20 heavy (non-hydrogen) atoms. The quantitative estimate of drug-likeness (QED) is 0.471. The standard InChI is InChI=1S/C9H3Cl2F6NO2/c10-2-3-1-4(20-9(15,16)17)5(7(11)19)18-6(3)8(12,13)14/h1H,2H2. The minimum atomic E-state index is -5.23. The van der Waals surface area contributed by atoms with E-state index in [0.717, 1.165) is 0 Å². The SMILES string of the molecule is O=C(Cl)c1nc(C(F)(F)F)c(CCl)cc1OC(F)(F)F. The molecule has 1 heterocycles. The van der Waals surface area contributed by atoms with Crippen LogP contribution >= 0.6 is 23.2 Å². The van der Waals surface area contributed by atoms with Gasteiger partial charge in [0.05, 0.1) is 0 Å². The smallest absolute Gasteiger partial charge is 0.403 e. The average Bonchev–Trinajstić information content (AvgIpc) is 2.24. The summed E-state index contributed by atoms with van der Waals surface area (Å²) in [6, 6.07) is 0.325.